The summed E-state index contributed by atoms with van der Waals surface area (Å²) < 4.78 is 38.1. The van der Waals surface area contributed by atoms with Crippen molar-refractivity contribution < 1.29 is 18.3 Å². The van der Waals surface area contributed by atoms with Gasteiger partial charge >= 0.3 is 6.18 Å². The van der Waals surface area contributed by atoms with E-state index in [0.29, 0.717) is 12.3 Å². The molecule has 0 aliphatic carbocycles. The lowest BCUT2D eigenvalue weighted by Crippen LogP contribution is -2.27. The minimum Gasteiger partial charge on any atom is -0.391 e. The molecule has 0 aliphatic rings. The SMILES string of the molecule is CC(C)CC[C@@H](O)[C@@H](N)c1cc(Cl)cc(C(F)(F)F)c1. The van der Waals surface area contributed by atoms with Gasteiger partial charge < -0.3 is 10.8 Å². The van der Waals surface area contributed by atoms with Gasteiger partial charge in [-0.05, 0) is 42.5 Å². The van der Waals surface area contributed by atoms with Crippen molar-refractivity contribution in [2.24, 2.45) is 11.7 Å². The molecule has 0 amide bonds. The summed E-state index contributed by atoms with van der Waals surface area (Å²) >= 11 is 5.70. The van der Waals surface area contributed by atoms with E-state index < -0.39 is 23.9 Å². The first kappa shape index (κ1) is 17.3. The zero-order valence-corrected chi connectivity index (χ0v) is 12.2. The fraction of sp³-hybridized carbons (Fsp3) is 0.571. The van der Waals surface area contributed by atoms with Crippen LogP contribution in [0.25, 0.3) is 0 Å². The van der Waals surface area contributed by atoms with Crippen molar-refractivity contribution in [1.82, 2.24) is 0 Å². The Morgan fingerprint density at radius 1 is 1.20 bits per heavy atom. The van der Waals surface area contributed by atoms with E-state index in [1.807, 2.05) is 13.8 Å². The highest BCUT2D eigenvalue weighted by Crippen LogP contribution is 2.33. The molecule has 6 heteroatoms. The Bertz CT molecular complexity index is 449. The molecule has 0 spiro atoms. The van der Waals surface area contributed by atoms with Crippen molar-refractivity contribution in [2.75, 3.05) is 0 Å². The second kappa shape index (κ2) is 6.78. The standard InChI is InChI=1S/C14H19ClF3NO/c1-8(2)3-4-12(20)13(19)9-5-10(14(16,17)18)7-11(15)6-9/h5-8,12-13,20H,3-4,19H2,1-2H3/t12-,13+/m1/s1. The van der Waals surface area contributed by atoms with E-state index in [4.69, 9.17) is 17.3 Å². The van der Waals surface area contributed by atoms with Crippen molar-refractivity contribution in [3.8, 4) is 0 Å². The lowest BCUT2D eigenvalue weighted by molar-refractivity contribution is -0.137. The molecule has 1 aromatic rings. The van der Waals surface area contributed by atoms with Crippen LogP contribution in [0.15, 0.2) is 18.2 Å². The van der Waals surface area contributed by atoms with Gasteiger partial charge in [0.15, 0.2) is 0 Å². The number of alkyl halides is 3. The predicted octanol–water partition coefficient (Wildman–Crippen LogP) is 4.16. The second-order valence-corrected chi connectivity index (χ2v) is 5.77. The van der Waals surface area contributed by atoms with E-state index >= 15 is 0 Å². The summed E-state index contributed by atoms with van der Waals surface area (Å²) in [7, 11) is 0. The Kier molecular flexibility index (Phi) is 5.86. The molecule has 0 fully saturated rings. The maximum atomic E-state index is 12.7. The smallest absolute Gasteiger partial charge is 0.391 e. The highest BCUT2D eigenvalue weighted by Gasteiger charge is 2.32. The molecule has 2 nitrogen and oxygen atoms in total. The third-order valence-electron chi connectivity index (χ3n) is 3.09. The molecule has 2 atom stereocenters. The van der Waals surface area contributed by atoms with Gasteiger partial charge in [-0.3, -0.25) is 0 Å². The molecule has 3 N–H and O–H groups in total. The van der Waals surface area contributed by atoms with Crippen molar-refractivity contribution in [3.63, 3.8) is 0 Å². The molecule has 0 saturated heterocycles. The van der Waals surface area contributed by atoms with E-state index in [1.165, 1.54) is 6.07 Å². The maximum absolute atomic E-state index is 12.7. The highest BCUT2D eigenvalue weighted by atomic mass is 35.5. The van der Waals surface area contributed by atoms with Gasteiger partial charge in [0.05, 0.1) is 17.7 Å². The van der Waals surface area contributed by atoms with E-state index in [0.717, 1.165) is 18.6 Å². The molecule has 0 heterocycles. The molecule has 0 aliphatic heterocycles. The molecule has 0 bridgehead atoms. The van der Waals surface area contributed by atoms with Crippen LogP contribution < -0.4 is 5.73 Å². The molecule has 0 saturated carbocycles. The first-order valence-electron chi connectivity index (χ1n) is 6.42. The topological polar surface area (TPSA) is 46.2 Å². The summed E-state index contributed by atoms with van der Waals surface area (Å²) in [5.74, 6) is 0.391. The summed E-state index contributed by atoms with van der Waals surface area (Å²) in [6.07, 6.45) is -4.19. The van der Waals surface area contributed by atoms with Gasteiger partial charge in [0.25, 0.3) is 0 Å². The number of aliphatic hydroxyl groups is 1. The van der Waals surface area contributed by atoms with E-state index in [2.05, 4.69) is 0 Å². The number of benzene rings is 1. The van der Waals surface area contributed by atoms with Crippen molar-refractivity contribution >= 4 is 11.6 Å². The second-order valence-electron chi connectivity index (χ2n) is 5.34. The van der Waals surface area contributed by atoms with Crippen molar-refractivity contribution in [1.29, 1.82) is 0 Å². The fourth-order valence-corrected chi connectivity index (χ4v) is 2.12. The first-order chi connectivity index (χ1) is 9.11. The largest absolute Gasteiger partial charge is 0.416 e. The third kappa shape index (κ3) is 4.96. The number of hydrogen-bond acceptors (Lipinski definition) is 2. The monoisotopic (exact) mass is 309 g/mol. The molecule has 0 aromatic heterocycles. The fourth-order valence-electron chi connectivity index (χ4n) is 1.87. The summed E-state index contributed by atoms with van der Waals surface area (Å²) in [4.78, 5) is 0. The van der Waals surface area contributed by atoms with Gasteiger partial charge in [0.2, 0.25) is 0 Å². The average molecular weight is 310 g/mol. The Morgan fingerprint density at radius 3 is 2.30 bits per heavy atom. The van der Waals surface area contributed by atoms with Crippen LogP contribution in [-0.4, -0.2) is 11.2 Å². The number of nitrogens with two attached hydrogens (primary N) is 1. The third-order valence-corrected chi connectivity index (χ3v) is 3.30. The van der Waals surface area contributed by atoms with Crippen LogP contribution in [0.5, 0.6) is 0 Å². The van der Waals surface area contributed by atoms with Gasteiger partial charge in [0.1, 0.15) is 0 Å². The van der Waals surface area contributed by atoms with Crippen LogP contribution >= 0.6 is 11.6 Å². The quantitative estimate of drug-likeness (QED) is 0.858. The van der Waals surface area contributed by atoms with E-state index in [-0.39, 0.29) is 10.6 Å². The maximum Gasteiger partial charge on any atom is 0.416 e. The van der Waals surface area contributed by atoms with Crippen LogP contribution in [0, 0.1) is 5.92 Å². The van der Waals surface area contributed by atoms with Crippen LogP contribution in [0.2, 0.25) is 5.02 Å². The van der Waals surface area contributed by atoms with Crippen molar-refractivity contribution in [3.05, 3.63) is 34.3 Å². The Morgan fingerprint density at radius 2 is 1.80 bits per heavy atom. The number of aliphatic hydroxyl groups excluding tert-OH is 1. The average Bonchev–Trinajstić information content (AvgIpc) is 2.33. The van der Waals surface area contributed by atoms with E-state index in [9.17, 15) is 18.3 Å². The van der Waals surface area contributed by atoms with Gasteiger partial charge in [-0.2, -0.15) is 13.2 Å². The Hall–Kier alpha value is -0.780. The minimum atomic E-state index is -4.48. The summed E-state index contributed by atoms with van der Waals surface area (Å²) in [5, 5.41) is 9.91. The van der Waals surface area contributed by atoms with Crippen LogP contribution in [-0.2, 0) is 6.18 Å². The molecule has 0 unspecified atom stereocenters. The van der Waals surface area contributed by atoms with Crippen molar-refractivity contribution in [2.45, 2.75) is 45.0 Å². The van der Waals surface area contributed by atoms with Crippen LogP contribution in [0.3, 0.4) is 0 Å². The normalized spacial score (nSPS) is 15.4. The Labute approximate surface area is 121 Å². The number of rotatable bonds is 5. The lowest BCUT2D eigenvalue weighted by atomic mass is 9.95. The highest BCUT2D eigenvalue weighted by molar-refractivity contribution is 6.30. The molecule has 20 heavy (non-hydrogen) atoms. The zero-order valence-electron chi connectivity index (χ0n) is 11.4. The molecule has 1 aromatic carbocycles. The first-order valence-corrected chi connectivity index (χ1v) is 6.80. The number of halogens is 4. The zero-order chi connectivity index (χ0) is 15.5. The molecule has 1 rings (SSSR count). The Balaban J connectivity index is 2.92. The van der Waals surface area contributed by atoms with E-state index in [1.54, 1.807) is 0 Å². The van der Waals surface area contributed by atoms with Crippen LogP contribution in [0.4, 0.5) is 13.2 Å². The summed E-state index contributed by atoms with van der Waals surface area (Å²) in [6.45, 7) is 4.00. The number of hydrogen-bond donors (Lipinski definition) is 2. The summed E-state index contributed by atoms with van der Waals surface area (Å²) in [6, 6.07) is 2.27. The molecular formula is C14H19ClF3NO. The van der Waals surface area contributed by atoms with Gasteiger partial charge in [-0.1, -0.05) is 25.4 Å². The minimum absolute atomic E-state index is 0.0404. The van der Waals surface area contributed by atoms with Gasteiger partial charge in [-0.25, -0.2) is 0 Å². The summed E-state index contributed by atoms with van der Waals surface area (Å²) in [5.41, 5.74) is 5.17. The van der Waals surface area contributed by atoms with Gasteiger partial charge in [-0.15, -0.1) is 0 Å². The predicted molar refractivity (Wildman–Crippen MR) is 73.5 cm³/mol. The molecule has 0 radical (unpaired) electrons. The van der Waals surface area contributed by atoms with Crippen LogP contribution in [0.1, 0.15) is 43.9 Å². The van der Waals surface area contributed by atoms with Gasteiger partial charge in [0, 0.05) is 5.02 Å². The molecule has 114 valence electrons. The lowest BCUT2D eigenvalue weighted by Gasteiger charge is -2.21. The molecular weight excluding hydrogens is 291 g/mol.